The second kappa shape index (κ2) is 3.68. The Bertz CT molecular complexity index is 281. The summed E-state index contributed by atoms with van der Waals surface area (Å²) >= 11 is 0. The summed E-state index contributed by atoms with van der Waals surface area (Å²) in [6.07, 6.45) is 5.72. The van der Waals surface area contributed by atoms with Gasteiger partial charge in [-0.15, -0.1) is 10.2 Å². The Morgan fingerprint density at radius 1 is 1.23 bits per heavy atom. The van der Waals surface area contributed by atoms with Gasteiger partial charge in [-0.1, -0.05) is 0 Å². The van der Waals surface area contributed by atoms with Gasteiger partial charge in [0.1, 0.15) is 0 Å². The Morgan fingerprint density at radius 2 is 2.00 bits per heavy atom. The van der Waals surface area contributed by atoms with Crippen LogP contribution in [0.1, 0.15) is 25.0 Å². The Balaban J connectivity index is 2.18. The van der Waals surface area contributed by atoms with E-state index in [1.54, 1.807) is 0 Å². The molecule has 0 unspecified atom stereocenters. The maximum absolute atomic E-state index is 3.95. The summed E-state index contributed by atoms with van der Waals surface area (Å²) in [4.78, 5) is 2.35. The fourth-order valence-electron chi connectivity index (χ4n) is 1.76. The highest BCUT2D eigenvalue weighted by Gasteiger charge is 2.13. The van der Waals surface area contributed by atoms with Crippen LogP contribution in [0.25, 0.3) is 0 Å². The van der Waals surface area contributed by atoms with Crippen molar-refractivity contribution in [3.63, 3.8) is 0 Å². The van der Waals surface area contributed by atoms with Gasteiger partial charge < -0.3 is 4.90 Å². The zero-order valence-corrected chi connectivity index (χ0v) is 7.90. The van der Waals surface area contributed by atoms with Crippen LogP contribution >= 0.6 is 0 Å². The molecule has 0 bridgehead atoms. The number of rotatable bonds is 1. The van der Waals surface area contributed by atoms with Gasteiger partial charge in [0.2, 0.25) is 0 Å². The highest BCUT2D eigenvalue weighted by Crippen LogP contribution is 2.20. The van der Waals surface area contributed by atoms with Gasteiger partial charge in [-0.2, -0.15) is 0 Å². The molecule has 0 spiro atoms. The van der Waals surface area contributed by atoms with E-state index >= 15 is 0 Å². The Morgan fingerprint density at radius 3 is 2.69 bits per heavy atom. The molecule has 0 N–H and O–H groups in total. The summed E-state index contributed by atoms with van der Waals surface area (Å²) in [5.74, 6) is 0. The summed E-state index contributed by atoms with van der Waals surface area (Å²) < 4.78 is 0. The van der Waals surface area contributed by atoms with Crippen molar-refractivity contribution in [1.29, 1.82) is 0 Å². The lowest BCUT2D eigenvalue weighted by atomic mass is 10.1. The maximum Gasteiger partial charge on any atom is 0.0867 e. The molecule has 70 valence electrons. The van der Waals surface area contributed by atoms with Gasteiger partial charge in [0.25, 0.3) is 0 Å². The molecular formula is C9H14N4. The van der Waals surface area contributed by atoms with E-state index in [2.05, 4.69) is 20.3 Å². The molecular weight excluding hydrogens is 164 g/mol. The van der Waals surface area contributed by atoms with E-state index in [4.69, 9.17) is 0 Å². The van der Waals surface area contributed by atoms with Crippen LogP contribution in [-0.2, 0) is 0 Å². The van der Waals surface area contributed by atoms with E-state index < -0.39 is 0 Å². The molecule has 1 aliphatic heterocycles. The molecule has 2 rings (SSSR count). The van der Waals surface area contributed by atoms with Crippen molar-refractivity contribution in [2.24, 2.45) is 0 Å². The van der Waals surface area contributed by atoms with Crippen LogP contribution in [0.4, 0.5) is 5.69 Å². The van der Waals surface area contributed by atoms with Gasteiger partial charge in [-0.05, 0) is 31.4 Å². The van der Waals surface area contributed by atoms with Crippen LogP contribution in [0.2, 0.25) is 0 Å². The smallest absolute Gasteiger partial charge is 0.0867 e. The van der Waals surface area contributed by atoms with Crippen LogP contribution in [0, 0.1) is 6.92 Å². The van der Waals surface area contributed by atoms with Crippen molar-refractivity contribution in [3.8, 4) is 0 Å². The number of hydrogen-bond acceptors (Lipinski definition) is 4. The van der Waals surface area contributed by atoms with Crippen LogP contribution in [-0.4, -0.2) is 28.5 Å². The van der Waals surface area contributed by atoms with Crippen molar-refractivity contribution in [2.45, 2.75) is 26.2 Å². The third-order valence-electron chi connectivity index (χ3n) is 2.49. The van der Waals surface area contributed by atoms with Gasteiger partial charge in [-0.3, -0.25) is 0 Å². The van der Waals surface area contributed by atoms with Crippen molar-refractivity contribution in [3.05, 3.63) is 11.9 Å². The molecule has 0 aromatic carbocycles. The van der Waals surface area contributed by atoms with Crippen LogP contribution in [0.5, 0.6) is 0 Å². The number of aryl methyl sites for hydroxylation is 1. The van der Waals surface area contributed by atoms with Gasteiger partial charge in [0.15, 0.2) is 0 Å². The molecule has 1 saturated heterocycles. The predicted molar refractivity (Wildman–Crippen MR) is 50.6 cm³/mol. The average Bonchev–Trinajstić information content (AvgIpc) is 2.20. The molecule has 4 nitrogen and oxygen atoms in total. The van der Waals surface area contributed by atoms with E-state index in [0.29, 0.717) is 0 Å². The first-order valence-electron chi connectivity index (χ1n) is 4.78. The maximum atomic E-state index is 3.95. The Hall–Kier alpha value is -1.19. The zero-order valence-electron chi connectivity index (χ0n) is 7.90. The molecule has 1 aromatic heterocycles. The van der Waals surface area contributed by atoms with E-state index in [1.807, 2.05) is 13.1 Å². The SMILES string of the molecule is Cc1nnncc1N1CCCCC1. The Labute approximate surface area is 78.0 Å². The minimum absolute atomic E-state index is 0.983. The van der Waals surface area contributed by atoms with Gasteiger partial charge in [0, 0.05) is 13.1 Å². The number of anilines is 1. The average molecular weight is 178 g/mol. The summed E-state index contributed by atoms with van der Waals surface area (Å²) in [6, 6.07) is 0. The first-order valence-corrected chi connectivity index (χ1v) is 4.78. The highest BCUT2D eigenvalue weighted by atomic mass is 15.3. The normalized spacial score (nSPS) is 17.5. The topological polar surface area (TPSA) is 41.9 Å². The highest BCUT2D eigenvalue weighted by molar-refractivity contribution is 5.47. The van der Waals surface area contributed by atoms with Crippen molar-refractivity contribution < 1.29 is 0 Å². The molecule has 0 aliphatic carbocycles. The number of aromatic nitrogens is 3. The second-order valence-electron chi connectivity index (χ2n) is 3.45. The predicted octanol–water partition coefficient (Wildman–Crippen LogP) is 1.17. The summed E-state index contributed by atoms with van der Waals surface area (Å²) in [7, 11) is 0. The van der Waals surface area contributed by atoms with Gasteiger partial charge in [0.05, 0.1) is 17.6 Å². The van der Waals surface area contributed by atoms with Crippen molar-refractivity contribution >= 4 is 5.69 Å². The third-order valence-corrected chi connectivity index (χ3v) is 2.49. The molecule has 1 fully saturated rings. The quantitative estimate of drug-likeness (QED) is 0.647. The Kier molecular flexibility index (Phi) is 2.38. The molecule has 0 atom stereocenters. The van der Waals surface area contributed by atoms with Gasteiger partial charge in [-0.25, -0.2) is 0 Å². The lowest BCUT2D eigenvalue weighted by Crippen LogP contribution is -2.30. The fourth-order valence-corrected chi connectivity index (χ4v) is 1.76. The fraction of sp³-hybridized carbons (Fsp3) is 0.667. The molecule has 1 aliphatic rings. The first kappa shape index (κ1) is 8.41. The minimum atomic E-state index is 0.983. The lowest BCUT2D eigenvalue weighted by molar-refractivity contribution is 0.573. The largest absolute Gasteiger partial charge is 0.369 e. The molecule has 0 amide bonds. The van der Waals surface area contributed by atoms with E-state index in [1.165, 1.54) is 19.3 Å². The van der Waals surface area contributed by atoms with Crippen LogP contribution in [0.15, 0.2) is 6.20 Å². The lowest BCUT2D eigenvalue weighted by Gasteiger charge is -2.28. The van der Waals surface area contributed by atoms with E-state index in [0.717, 1.165) is 24.5 Å². The van der Waals surface area contributed by atoms with Crippen LogP contribution < -0.4 is 4.90 Å². The van der Waals surface area contributed by atoms with E-state index in [9.17, 15) is 0 Å². The summed E-state index contributed by atoms with van der Waals surface area (Å²) in [6.45, 7) is 4.25. The summed E-state index contributed by atoms with van der Waals surface area (Å²) in [5.41, 5.74) is 2.13. The number of nitrogens with zero attached hydrogens (tertiary/aromatic N) is 4. The molecule has 13 heavy (non-hydrogen) atoms. The second-order valence-corrected chi connectivity index (χ2v) is 3.45. The molecule has 4 heteroatoms. The minimum Gasteiger partial charge on any atom is -0.369 e. The standard InChI is InChI=1S/C9H14N4/c1-8-9(7-10-12-11-8)13-5-3-2-4-6-13/h7H,2-6H2,1H3. The molecule has 2 heterocycles. The van der Waals surface area contributed by atoms with E-state index in [-0.39, 0.29) is 0 Å². The zero-order chi connectivity index (χ0) is 9.10. The molecule has 1 aromatic rings. The molecule has 0 saturated carbocycles. The van der Waals surface area contributed by atoms with Crippen molar-refractivity contribution in [2.75, 3.05) is 18.0 Å². The van der Waals surface area contributed by atoms with Gasteiger partial charge >= 0.3 is 0 Å². The third kappa shape index (κ3) is 1.76. The van der Waals surface area contributed by atoms with Crippen LogP contribution in [0.3, 0.4) is 0 Å². The van der Waals surface area contributed by atoms with Crippen molar-refractivity contribution in [1.82, 2.24) is 15.4 Å². The monoisotopic (exact) mass is 178 g/mol. The number of piperidine rings is 1. The summed E-state index contributed by atoms with van der Waals surface area (Å²) in [5, 5.41) is 11.4. The first-order chi connectivity index (χ1) is 6.38. The number of hydrogen-bond donors (Lipinski definition) is 0. The molecule has 0 radical (unpaired) electrons.